The smallest absolute Gasteiger partial charge is 0.191 e. The first kappa shape index (κ1) is 25.9. The summed E-state index contributed by atoms with van der Waals surface area (Å²) in [5.41, 5.74) is 1.20. The average molecular weight is 492 g/mol. The zero-order valence-electron chi connectivity index (χ0n) is 17.6. The zero-order chi connectivity index (χ0) is 19.4. The minimum absolute atomic E-state index is 0. The van der Waals surface area contributed by atoms with Gasteiger partial charge >= 0.3 is 0 Å². The molecule has 7 heteroatoms. The second-order valence-electron chi connectivity index (χ2n) is 6.93. The van der Waals surface area contributed by atoms with Crippen LogP contribution in [0.1, 0.15) is 31.9 Å². The summed E-state index contributed by atoms with van der Waals surface area (Å²) in [6.07, 6.45) is 1.10. The van der Waals surface area contributed by atoms with Crippen LogP contribution in [0, 0.1) is 5.92 Å². The van der Waals surface area contributed by atoms with Crippen LogP contribution >= 0.6 is 24.0 Å². The minimum atomic E-state index is 0. The summed E-state index contributed by atoms with van der Waals surface area (Å²) in [4.78, 5) is 6.47. The summed E-state index contributed by atoms with van der Waals surface area (Å²) >= 11 is 0. The molecular formula is C20H37IN4O2. The van der Waals surface area contributed by atoms with Crippen LogP contribution in [-0.2, 0) is 4.74 Å². The Bertz CT molecular complexity index is 538. The molecule has 1 rings (SSSR count). The molecule has 6 nitrogen and oxygen atoms in total. The minimum Gasteiger partial charge on any atom is -0.497 e. The number of hydrogen-bond donors (Lipinski definition) is 2. The van der Waals surface area contributed by atoms with E-state index < -0.39 is 0 Å². The van der Waals surface area contributed by atoms with Gasteiger partial charge in [0.25, 0.3) is 0 Å². The Labute approximate surface area is 182 Å². The van der Waals surface area contributed by atoms with Gasteiger partial charge in [0, 0.05) is 26.7 Å². The fourth-order valence-electron chi connectivity index (χ4n) is 2.52. The molecule has 0 aliphatic heterocycles. The highest BCUT2D eigenvalue weighted by Crippen LogP contribution is 2.21. The van der Waals surface area contributed by atoms with Gasteiger partial charge in [-0.15, -0.1) is 24.0 Å². The topological polar surface area (TPSA) is 58.1 Å². The van der Waals surface area contributed by atoms with Gasteiger partial charge in [-0.25, -0.2) is 0 Å². The van der Waals surface area contributed by atoms with E-state index in [1.165, 1.54) is 5.56 Å². The summed E-state index contributed by atoms with van der Waals surface area (Å²) in [7, 11) is 7.62. The number of guanidine groups is 1. The molecule has 0 saturated heterocycles. The summed E-state index contributed by atoms with van der Waals surface area (Å²) < 4.78 is 11.0. The van der Waals surface area contributed by atoms with Gasteiger partial charge in [-0.3, -0.25) is 4.99 Å². The first-order chi connectivity index (χ1) is 12.5. The highest BCUT2D eigenvalue weighted by atomic mass is 127. The average Bonchev–Trinajstić information content (AvgIpc) is 2.62. The van der Waals surface area contributed by atoms with Crippen molar-refractivity contribution < 1.29 is 9.47 Å². The van der Waals surface area contributed by atoms with E-state index in [4.69, 9.17) is 9.47 Å². The van der Waals surface area contributed by atoms with E-state index in [-0.39, 0.29) is 30.0 Å². The number of ether oxygens (including phenoxy) is 2. The lowest BCUT2D eigenvalue weighted by molar-refractivity contribution is 0.128. The van der Waals surface area contributed by atoms with Crippen molar-refractivity contribution in [1.29, 1.82) is 0 Å². The lowest BCUT2D eigenvalue weighted by Crippen LogP contribution is -2.42. The quantitative estimate of drug-likeness (QED) is 0.215. The molecule has 0 aliphatic rings. The number of aliphatic imine (C=N–C) groups is 1. The Balaban J connectivity index is 0.00000676. The third-order valence-corrected chi connectivity index (χ3v) is 4.17. The van der Waals surface area contributed by atoms with Crippen LogP contribution in [0.2, 0.25) is 0 Å². The molecule has 0 bridgehead atoms. The lowest BCUT2D eigenvalue weighted by Gasteiger charge is -2.26. The molecule has 27 heavy (non-hydrogen) atoms. The first-order valence-electron chi connectivity index (χ1n) is 9.30. The van der Waals surface area contributed by atoms with Crippen molar-refractivity contribution in [3.05, 3.63) is 29.8 Å². The molecule has 156 valence electrons. The van der Waals surface area contributed by atoms with Gasteiger partial charge in [0.05, 0.1) is 19.8 Å². The number of halogens is 1. The molecule has 0 aromatic heterocycles. The second-order valence-corrected chi connectivity index (χ2v) is 6.93. The number of rotatable bonds is 11. The van der Waals surface area contributed by atoms with Crippen LogP contribution < -0.4 is 15.4 Å². The summed E-state index contributed by atoms with van der Waals surface area (Å²) in [6, 6.07) is 8.39. The molecule has 0 fully saturated rings. The third kappa shape index (κ3) is 10.8. The number of likely N-dealkylation sites (N-methyl/N-ethyl adjacent to an activating group) is 1. The van der Waals surface area contributed by atoms with Crippen molar-refractivity contribution >= 4 is 29.9 Å². The van der Waals surface area contributed by atoms with Gasteiger partial charge in [-0.1, -0.05) is 26.0 Å². The molecular weight excluding hydrogens is 455 g/mol. The number of nitrogens with zero attached hydrogens (tertiary/aromatic N) is 2. The summed E-state index contributed by atoms with van der Waals surface area (Å²) in [5.74, 6) is 2.33. The Hall–Kier alpha value is -1.06. The predicted molar refractivity (Wildman–Crippen MR) is 124 cm³/mol. The maximum atomic E-state index is 5.63. The Kier molecular flexibility index (Phi) is 14.3. The molecule has 0 saturated carbocycles. The van der Waals surface area contributed by atoms with E-state index in [0.717, 1.165) is 37.8 Å². The molecule has 1 aromatic carbocycles. The largest absolute Gasteiger partial charge is 0.497 e. The fourth-order valence-corrected chi connectivity index (χ4v) is 2.52. The molecule has 1 atom stereocenters. The van der Waals surface area contributed by atoms with Gasteiger partial charge in [-0.05, 0) is 44.1 Å². The Morgan fingerprint density at radius 3 is 2.52 bits per heavy atom. The second kappa shape index (κ2) is 14.9. The van der Waals surface area contributed by atoms with E-state index in [0.29, 0.717) is 12.5 Å². The van der Waals surface area contributed by atoms with Crippen LogP contribution in [0.3, 0.4) is 0 Å². The van der Waals surface area contributed by atoms with Gasteiger partial charge < -0.3 is 25.0 Å². The summed E-state index contributed by atoms with van der Waals surface area (Å²) in [6.45, 7) is 7.38. The monoisotopic (exact) mass is 492 g/mol. The van der Waals surface area contributed by atoms with E-state index in [1.54, 1.807) is 14.2 Å². The van der Waals surface area contributed by atoms with Crippen LogP contribution in [0.4, 0.5) is 0 Å². The first-order valence-corrected chi connectivity index (χ1v) is 9.30. The van der Waals surface area contributed by atoms with E-state index >= 15 is 0 Å². The van der Waals surface area contributed by atoms with E-state index in [2.05, 4.69) is 60.6 Å². The summed E-state index contributed by atoms with van der Waals surface area (Å²) in [5, 5.41) is 6.69. The highest BCUT2D eigenvalue weighted by Gasteiger charge is 2.15. The number of benzene rings is 1. The standard InChI is InChI=1S/C20H36N4O2.HI/c1-16(2)10-12-26-13-11-22-20(21-3)23-15-19(24(4)5)17-8-7-9-18(14-17)25-6;/h7-9,14,16,19H,10-13,15H2,1-6H3,(H2,21,22,23);1H. The maximum absolute atomic E-state index is 5.63. The van der Waals surface area contributed by atoms with Crippen LogP contribution in [0.5, 0.6) is 5.75 Å². The molecule has 0 spiro atoms. The highest BCUT2D eigenvalue weighted by molar-refractivity contribution is 14.0. The van der Waals surface area contributed by atoms with Crippen LogP contribution in [-0.4, -0.2) is 65.4 Å². The van der Waals surface area contributed by atoms with Crippen molar-refractivity contribution in [3.8, 4) is 5.75 Å². The molecule has 1 aromatic rings. The fraction of sp³-hybridized carbons (Fsp3) is 0.650. The van der Waals surface area contributed by atoms with E-state index in [1.807, 2.05) is 12.1 Å². The van der Waals surface area contributed by atoms with Gasteiger partial charge in [0.1, 0.15) is 5.75 Å². The number of nitrogens with one attached hydrogen (secondary N) is 2. The van der Waals surface area contributed by atoms with Crippen molar-refractivity contribution in [2.24, 2.45) is 10.9 Å². The van der Waals surface area contributed by atoms with Gasteiger partial charge in [0.15, 0.2) is 5.96 Å². The van der Waals surface area contributed by atoms with Crippen molar-refractivity contribution in [3.63, 3.8) is 0 Å². The maximum Gasteiger partial charge on any atom is 0.191 e. The van der Waals surface area contributed by atoms with Gasteiger partial charge in [0.2, 0.25) is 0 Å². The van der Waals surface area contributed by atoms with Crippen LogP contribution in [0.25, 0.3) is 0 Å². The molecule has 0 radical (unpaired) electrons. The SMILES string of the molecule is CN=C(NCCOCCC(C)C)NCC(c1cccc(OC)c1)N(C)C.I. The number of methoxy groups -OCH3 is 1. The normalized spacial score (nSPS) is 12.7. The van der Waals surface area contributed by atoms with Crippen molar-refractivity contribution in [2.75, 3.05) is 54.6 Å². The molecule has 0 aliphatic carbocycles. The lowest BCUT2D eigenvalue weighted by atomic mass is 10.1. The predicted octanol–water partition coefficient (Wildman–Crippen LogP) is 3.14. The molecule has 1 unspecified atom stereocenters. The van der Waals surface area contributed by atoms with Crippen LogP contribution in [0.15, 0.2) is 29.3 Å². The van der Waals surface area contributed by atoms with Gasteiger partial charge in [-0.2, -0.15) is 0 Å². The molecule has 0 amide bonds. The zero-order valence-corrected chi connectivity index (χ0v) is 19.9. The Morgan fingerprint density at radius 1 is 1.19 bits per heavy atom. The van der Waals surface area contributed by atoms with Crippen molar-refractivity contribution in [1.82, 2.24) is 15.5 Å². The molecule has 0 heterocycles. The third-order valence-electron chi connectivity index (χ3n) is 4.17. The van der Waals surface area contributed by atoms with Crippen molar-refractivity contribution in [2.45, 2.75) is 26.3 Å². The molecule has 2 N–H and O–H groups in total. The van der Waals surface area contributed by atoms with E-state index in [9.17, 15) is 0 Å². The number of hydrogen-bond acceptors (Lipinski definition) is 4. The Morgan fingerprint density at radius 2 is 1.93 bits per heavy atom.